The van der Waals surface area contributed by atoms with Crippen LogP contribution < -0.4 is 20.1 Å². The van der Waals surface area contributed by atoms with Gasteiger partial charge in [-0.2, -0.15) is 0 Å². The number of imidazole rings is 1. The molecule has 2 N–H and O–H groups in total. The zero-order valence-electron chi connectivity index (χ0n) is 18.8. The molecule has 8 nitrogen and oxygen atoms in total. The Labute approximate surface area is 205 Å². The zero-order chi connectivity index (χ0) is 24.8. The van der Waals surface area contributed by atoms with Crippen molar-refractivity contribution in [1.29, 1.82) is 0 Å². The lowest BCUT2D eigenvalue weighted by molar-refractivity contribution is -0.116. The predicted molar refractivity (Wildman–Crippen MR) is 130 cm³/mol. The van der Waals surface area contributed by atoms with E-state index in [9.17, 15) is 14.0 Å². The van der Waals surface area contributed by atoms with Crippen LogP contribution in [0.2, 0.25) is 5.02 Å². The Hall–Kier alpha value is -4.11. The van der Waals surface area contributed by atoms with Crippen molar-refractivity contribution in [3.63, 3.8) is 0 Å². The molecule has 4 rings (SSSR count). The molecule has 35 heavy (non-hydrogen) atoms. The maximum atomic E-state index is 13.1. The van der Waals surface area contributed by atoms with Gasteiger partial charge in [-0.1, -0.05) is 17.7 Å². The van der Waals surface area contributed by atoms with Crippen molar-refractivity contribution in [3.05, 3.63) is 89.1 Å². The molecule has 0 saturated heterocycles. The van der Waals surface area contributed by atoms with Gasteiger partial charge < -0.3 is 24.5 Å². The van der Waals surface area contributed by atoms with E-state index in [1.54, 1.807) is 18.2 Å². The fourth-order valence-electron chi connectivity index (χ4n) is 3.36. The number of nitrogens with one attached hydrogen (secondary N) is 2. The number of rotatable bonds is 9. The van der Waals surface area contributed by atoms with Gasteiger partial charge in [-0.25, -0.2) is 9.37 Å². The minimum Gasteiger partial charge on any atom is -0.493 e. The molecule has 0 aliphatic heterocycles. The Balaban J connectivity index is 1.32. The lowest BCUT2D eigenvalue weighted by atomic mass is 10.2. The van der Waals surface area contributed by atoms with Crippen LogP contribution in [0.25, 0.3) is 5.65 Å². The van der Waals surface area contributed by atoms with E-state index in [0.29, 0.717) is 17.2 Å². The van der Waals surface area contributed by atoms with Gasteiger partial charge in [0.2, 0.25) is 5.91 Å². The van der Waals surface area contributed by atoms with E-state index in [-0.39, 0.29) is 36.1 Å². The average molecular weight is 497 g/mol. The van der Waals surface area contributed by atoms with Crippen LogP contribution >= 0.6 is 11.6 Å². The van der Waals surface area contributed by atoms with Crippen LogP contribution in [0.3, 0.4) is 0 Å². The first kappa shape index (κ1) is 24.0. The van der Waals surface area contributed by atoms with Crippen molar-refractivity contribution in [3.8, 4) is 11.5 Å². The maximum Gasteiger partial charge on any atom is 0.252 e. The van der Waals surface area contributed by atoms with E-state index in [1.165, 1.54) is 13.2 Å². The molecule has 0 aliphatic rings. The summed E-state index contributed by atoms with van der Waals surface area (Å²) in [6.45, 7) is 0.291. The molecule has 10 heteroatoms. The Kier molecular flexibility index (Phi) is 7.47. The van der Waals surface area contributed by atoms with Gasteiger partial charge in [-0.15, -0.1) is 0 Å². The SMILES string of the molecule is COc1ccc(NC(=O)CCNC(=O)c2ccc(F)cc2Cl)cc1OCc1cn2ccccc2n1. The highest BCUT2D eigenvalue weighted by Crippen LogP contribution is 2.31. The molecule has 4 aromatic rings. The van der Waals surface area contributed by atoms with Crippen LogP contribution in [0.15, 0.2) is 67.0 Å². The molecule has 0 aliphatic carbocycles. The summed E-state index contributed by atoms with van der Waals surface area (Å²) in [4.78, 5) is 29.1. The number of pyridine rings is 1. The zero-order valence-corrected chi connectivity index (χ0v) is 19.5. The summed E-state index contributed by atoms with van der Waals surface area (Å²) in [7, 11) is 1.53. The second-order valence-corrected chi connectivity index (χ2v) is 7.94. The van der Waals surface area contributed by atoms with E-state index >= 15 is 0 Å². The summed E-state index contributed by atoms with van der Waals surface area (Å²) in [6.07, 6.45) is 3.80. The Bertz CT molecular complexity index is 1340. The third-order valence-electron chi connectivity index (χ3n) is 5.05. The molecule has 2 aromatic heterocycles. The molecule has 0 radical (unpaired) electrons. The van der Waals surface area contributed by atoms with Crippen LogP contribution in [-0.4, -0.2) is 34.9 Å². The minimum absolute atomic E-state index is 0.00125. The fourth-order valence-corrected chi connectivity index (χ4v) is 3.61. The topological polar surface area (TPSA) is 94.0 Å². The lowest BCUT2D eigenvalue weighted by Crippen LogP contribution is -2.27. The van der Waals surface area contributed by atoms with Gasteiger partial charge in [0.1, 0.15) is 18.1 Å². The number of anilines is 1. The number of benzene rings is 2. The second-order valence-electron chi connectivity index (χ2n) is 7.53. The van der Waals surface area contributed by atoms with Gasteiger partial charge in [0.15, 0.2) is 11.5 Å². The Morgan fingerprint density at radius 3 is 2.74 bits per heavy atom. The number of amides is 2. The highest BCUT2D eigenvalue weighted by Gasteiger charge is 2.13. The largest absolute Gasteiger partial charge is 0.493 e. The van der Waals surface area contributed by atoms with Crippen molar-refractivity contribution in [1.82, 2.24) is 14.7 Å². The Morgan fingerprint density at radius 1 is 1.11 bits per heavy atom. The molecule has 2 amide bonds. The van der Waals surface area contributed by atoms with Gasteiger partial charge in [0.25, 0.3) is 5.91 Å². The number of aromatic nitrogens is 2. The number of carbonyl (C=O) groups excluding carboxylic acids is 2. The van der Waals surface area contributed by atoms with Crippen LogP contribution in [0.5, 0.6) is 11.5 Å². The molecule has 0 saturated carbocycles. The van der Waals surface area contributed by atoms with Gasteiger partial charge in [-0.05, 0) is 42.5 Å². The highest BCUT2D eigenvalue weighted by molar-refractivity contribution is 6.33. The first-order valence-electron chi connectivity index (χ1n) is 10.7. The maximum absolute atomic E-state index is 13.1. The minimum atomic E-state index is -0.535. The van der Waals surface area contributed by atoms with E-state index in [0.717, 1.165) is 23.5 Å². The molecule has 0 unspecified atom stereocenters. The molecular weight excluding hydrogens is 475 g/mol. The third-order valence-corrected chi connectivity index (χ3v) is 5.36. The van der Waals surface area contributed by atoms with Crippen LogP contribution in [0, 0.1) is 5.82 Å². The van der Waals surface area contributed by atoms with Gasteiger partial charge in [-0.3, -0.25) is 9.59 Å². The van der Waals surface area contributed by atoms with E-state index in [2.05, 4.69) is 15.6 Å². The molecule has 2 aromatic carbocycles. The van der Waals surface area contributed by atoms with E-state index in [4.69, 9.17) is 21.1 Å². The van der Waals surface area contributed by atoms with Crippen molar-refractivity contribution in [2.75, 3.05) is 19.0 Å². The van der Waals surface area contributed by atoms with Crippen molar-refractivity contribution in [2.45, 2.75) is 13.0 Å². The van der Waals surface area contributed by atoms with Crippen molar-refractivity contribution >= 4 is 34.7 Å². The number of carbonyl (C=O) groups is 2. The van der Waals surface area contributed by atoms with Gasteiger partial charge in [0.05, 0.1) is 23.4 Å². The smallest absolute Gasteiger partial charge is 0.252 e. The van der Waals surface area contributed by atoms with Gasteiger partial charge in [0, 0.05) is 37.1 Å². The third kappa shape index (κ3) is 6.07. The summed E-state index contributed by atoms with van der Waals surface area (Å²) < 4.78 is 26.3. The number of hydrogen-bond acceptors (Lipinski definition) is 5. The summed E-state index contributed by atoms with van der Waals surface area (Å²) in [6, 6.07) is 14.2. The average Bonchev–Trinajstić information content (AvgIpc) is 3.26. The first-order chi connectivity index (χ1) is 16.9. The molecule has 0 spiro atoms. The quantitative estimate of drug-likeness (QED) is 0.356. The van der Waals surface area contributed by atoms with E-state index < -0.39 is 11.7 Å². The monoisotopic (exact) mass is 496 g/mol. The molecule has 0 atom stereocenters. The Morgan fingerprint density at radius 2 is 1.97 bits per heavy atom. The van der Waals surface area contributed by atoms with Crippen LogP contribution in [0.4, 0.5) is 10.1 Å². The standard InChI is InChI=1S/C25H22ClFN4O4/c1-34-21-8-6-17(13-22(21)35-15-18-14-31-11-3-2-4-23(31)29-18)30-24(32)9-10-28-25(33)19-7-5-16(27)12-20(19)26/h2-8,11-14H,9-10,15H2,1H3,(H,28,33)(H,30,32). The number of fused-ring (bicyclic) bond motifs is 1. The number of ether oxygens (including phenoxy) is 2. The number of hydrogen-bond donors (Lipinski definition) is 2. The fraction of sp³-hybridized carbons (Fsp3) is 0.160. The van der Waals surface area contributed by atoms with Gasteiger partial charge >= 0.3 is 0 Å². The van der Waals surface area contributed by atoms with Crippen molar-refractivity contribution < 1.29 is 23.5 Å². The van der Waals surface area contributed by atoms with Crippen LogP contribution in [-0.2, 0) is 11.4 Å². The normalized spacial score (nSPS) is 10.7. The first-order valence-corrected chi connectivity index (χ1v) is 11.1. The molecule has 2 heterocycles. The second kappa shape index (κ2) is 10.9. The molecule has 0 fully saturated rings. The van der Waals surface area contributed by atoms with Crippen molar-refractivity contribution in [2.24, 2.45) is 0 Å². The predicted octanol–water partition coefficient (Wildman–Crippen LogP) is 4.47. The summed E-state index contributed by atoms with van der Waals surface area (Å²) in [5.41, 5.74) is 2.20. The molecule has 0 bridgehead atoms. The number of methoxy groups -OCH3 is 1. The summed E-state index contributed by atoms with van der Waals surface area (Å²) in [5, 5.41) is 5.36. The molecule has 180 valence electrons. The number of nitrogens with zero attached hydrogens (tertiary/aromatic N) is 2. The summed E-state index contributed by atoms with van der Waals surface area (Å²) >= 11 is 5.89. The summed E-state index contributed by atoms with van der Waals surface area (Å²) in [5.74, 6) is -0.384. The lowest BCUT2D eigenvalue weighted by Gasteiger charge is -2.12. The number of halogens is 2. The van der Waals surface area contributed by atoms with Crippen LogP contribution in [0.1, 0.15) is 22.5 Å². The molecular formula is C25H22ClFN4O4. The van der Waals surface area contributed by atoms with E-state index in [1.807, 2.05) is 35.0 Å². The highest BCUT2D eigenvalue weighted by atomic mass is 35.5.